The molecule has 9 heteroatoms. The van der Waals surface area contributed by atoms with Gasteiger partial charge in [0.25, 0.3) is 15.7 Å². The normalized spacial score (nSPS) is 11.2. The summed E-state index contributed by atoms with van der Waals surface area (Å²) in [5.41, 5.74) is -0.614. The van der Waals surface area contributed by atoms with E-state index in [1.807, 2.05) is 0 Å². The molecule has 8 nitrogen and oxygen atoms in total. The zero-order valence-electron chi connectivity index (χ0n) is 10.9. The summed E-state index contributed by atoms with van der Waals surface area (Å²) in [6.07, 6.45) is -1.17. The van der Waals surface area contributed by atoms with E-state index < -0.39 is 31.6 Å². The molecule has 1 aromatic rings. The number of ether oxygens (including phenoxy) is 1. The number of nitrogens with one attached hydrogen (secondary N) is 1. The molecular formula is C11H14N2O6S. The van der Waals surface area contributed by atoms with E-state index in [1.54, 1.807) is 18.6 Å². The van der Waals surface area contributed by atoms with Crippen LogP contribution in [0.3, 0.4) is 0 Å². The van der Waals surface area contributed by atoms with Crippen molar-refractivity contribution >= 4 is 21.8 Å². The first kappa shape index (κ1) is 15.9. The minimum Gasteiger partial charge on any atom is -0.449 e. The minimum atomic E-state index is -4.35. The summed E-state index contributed by atoms with van der Waals surface area (Å²) in [6, 6.07) is 4.72. The van der Waals surface area contributed by atoms with Crippen molar-refractivity contribution in [1.29, 1.82) is 0 Å². The van der Waals surface area contributed by atoms with Gasteiger partial charge >= 0.3 is 6.09 Å². The van der Waals surface area contributed by atoms with E-state index in [0.717, 1.165) is 12.1 Å². The van der Waals surface area contributed by atoms with Gasteiger partial charge in [-0.05, 0) is 12.0 Å². The van der Waals surface area contributed by atoms with Gasteiger partial charge in [-0.3, -0.25) is 10.1 Å². The zero-order valence-corrected chi connectivity index (χ0v) is 11.7. The van der Waals surface area contributed by atoms with Crippen LogP contribution in [0.1, 0.15) is 13.8 Å². The minimum absolute atomic E-state index is 0.0366. The summed E-state index contributed by atoms with van der Waals surface area (Å²) < 4.78 is 30.1. The zero-order chi connectivity index (χ0) is 15.3. The van der Waals surface area contributed by atoms with E-state index in [2.05, 4.69) is 4.74 Å². The summed E-state index contributed by atoms with van der Waals surface area (Å²) in [5, 5.41) is 10.8. The lowest BCUT2D eigenvalue weighted by Gasteiger charge is -2.09. The van der Waals surface area contributed by atoms with Crippen LogP contribution in [0.2, 0.25) is 0 Å². The Labute approximate surface area is 115 Å². The van der Waals surface area contributed by atoms with Crippen LogP contribution < -0.4 is 4.72 Å². The van der Waals surface area contributed by atoms with Crippen LogP contribution in [-0.2, 0) is 14.8 Å². The first-order valence-electron chi connectivity index (χ1n) is 5.67. The molecule has 0 fully saturated rings. The van der Waals surface area contributed by atoms with Crippen molar-refractivity contribution < 1.29 is 22.9 Å². The molecule has 1 rings (SSSR count). The highest BCUT2D eigenvalue weighted by Crippen LogP contribution is 2.22. The SMILES string of the molecule is CC(C)COC(=O)NS(=O)(=O)c1ccccc1[N+](=O)[O-]. The Morgan fingerprint density at radius 1 is 1.40 bits per heavy atom. The number of rotatable bonds is 5. The number of carbonyl (C=O) groups excluding carboxylic acids is 1. The fourth-order valence-corrected chi connectivity index (χ4v) is 2.34. The number of sulfonamides is 1. The van der Waals surface area contributed by atoms with Gasteiger partial charge in [-0.2, -0.15) is 0 Å². The molecule has 0 bridgehead atoms. The number of nitro benzene ring substituents is 1. The summed E-state index contributed by atoms with van der Waals surface area (Å²) in [4.78, 5) is 20.7. The fraction of sp³-hybridized carbons (Fsp3) is 0.364. The van der Waals surface area contributed by atoms with Gasteiger partial charge in [0.1, 0.15) is 0 Å². The summed E-state index contributed by atoms with van der Waals surface area (Å²) in [7, 11) is -4.35. The van der Waals surface area contributed by atoms with Gasteiger partial charge < -0.3 is 4.74 Å². The first-order valence-corrected chi connectivity index (χ1v) is 7.15. The van der Waals surface area contributed by atoms with Gasteiger partial charge in [0.05, 0.1) is 11.5 Å². The highest BCUT2D eigenvalue weighted by molar-refractivity contribution is 7.90. The lowest BCUT2D eigenvalue weighted by atomic mass is 10.2. The van der Waals surface area contributed by atoms with E-state index in [0.29, 0.717) is 0 Å². The van der Waals surface area contributed by atoms with Crippen molar-refractivity contribution in [3.63, 3.8) is 0 Å². The van der Waals surface area contributed by atoms with Crippen molar-refractivity contribution in [2.75, 3.05) is 6.61 Å². The van der Waals surface area contributed by atoms with Crippen molar-refractivity contribution in [1.82, 2.24) is 4.72 Å². The smallest absolute Gasteiger partial charge is 0.421 e. The van der Waals surface area contributed by atoms with Crippen molar-refractivity contribution in [2.24, 2.45) is 5.92 Å². The van der Waals surface area contributed by atoms with Gasteiger partial charge in [-0.15, -0.1) is 0 Å². The van der Waals surface area contributed by atoms with Crippen LogP contribution in [0, 0.1) is 16.0 Å². The molecule has 1 amide bonds. The van der Waals surface area contributed by atoms with Crippen molar-refractivity contribution in [3.05, 3.63) is 34.4 Å². The second-order valence-electron chi connectivity index (χ2n) is 4.32. The van der Waals surface area contributed by atoms with Crippen LogP contribution in [-0.4, -0.2) is 26.0 Å². The predicted octanol–water partition coefficient (Wildman–Crippen LogP) is 1.67. The maximum atomic E-state index is 11.9. The maximum absolute atomic E-state index is 11.9. The number of benzene rings is 1. The molecule has 20 heavy (non-hydrogen) atoms. The lowest BCUT2D eigenvalue weighted by Crippen LogP contribution is -2.32. The van der Waals surface area contributed by atoms with Crippen LogP contribution in [0.25, 0.3) is 0 Å². The highest BCUT2D eigenvalue weighted by atomic mass is 32.2. The summed E-state index contributed by atoms with van der Waals surface area (Å²) >= 11 is 0. The highest BCUT2D eigenvalue weighted by Gasteiger charge is 2.27. The number of nitrogens with zero attached hydrogens (tertiary/aromatic N) is 1. The van der Waals surface area contributed by atoms with Gasteiger partial charge in [0, 0.05) is 6.07 Å². The van der Waals surface area contributed by atoms with Crippen LogP contribution >= 0.6 is 0 Å². The van der Waals surface area contributed by atoms with Crippen molar-refractivity contribution in [2.45, 2.75) is 18.7 Å². The Morgan fingerprint density at radius 3 is 2.55 bits per heavy atom. The third-order valence-corrected chi connectivity index (χ3v) is 3.48. The monoisotopic (exact) mass is 302 g/mol. The molecule has 0 unspecified atom stereocenters. The van der Waals surface area contributed by atoms with Crippen LogP contribution in [0.15, 0.2) is 29.2 Å². The Morgan fingerprint density at radius 2 is 2.00 bits per heavy atom. The van der Waals surface area contributed by atoms with Gasteiger partial charge in [0.2, 0.25) is 0 Å². The van der Waals surface area contributed by atoms with Crippen molar-refractivity contribution in [3.8, 4) is 0 Å². The van der Waals surface area contributed by atoms with Gasteiger partial charge in [0.15, 0.2) is 4.90 Å². The molecule has 0 heterocycles. The number of carbonyl (C=O) groups is 1. The number of nitro groups is 1. The molecule has 0 aliphatic carbocycles. The van der Waals surface area contributed by atoms with E-state index >= 15 is 0 Å². The van der Waals surface area contributed by atoms with E-state index in [-0.39, 0.29) is 12.5 Å². The molecule has 110 valence electrons. The van der Waals surface area contributed by atoms with E-state index in [4.69, 9.17) is 0 Å². The number of amides is 1. The Hall–Kier alpha value is -2.16. The molecule has 0 saturated heterocycles. The average molecular weight is 302 g/mol. The average Bonchev–Trinajstić information content (AvgIpc) is 2.36. The lowest BCUT2D eigenvalue weighted by molar-refractivity contribution is -0.387. The molecule has 0 radical (unpaired) electrons. The van der Waals surface area contributed by atoms with Gasteiger partial charge in [-0.25, -0.2) is 17.9 Å². The molecule has 1 aromatic carbocycles. The topological polar surface area (TPSA) is 116 Å². The summed E-state index contributed by atoms with van der Waals surface area (Å²) in [6.45, 7) is 3.60. The van der Waals surface area contributed by atoms with Crippen LogP contribution in [0.4, 0.5) is 10.5 Å². The second kappa shape index (κ2) is 6.33. The third-order valence-electron chi connectivity index (χ3n) is 2.12. The Balaban J connectivity index is 2.95. The molecule has 1 N–H and O–H groups in total. The molecule has 0 aliphatic heterocycles. The molecule has 0 atom stereocenters. The second-order valence-corrected chi connectivity index (χ2v) is 5.97. The predicted molar refractivity (Wildman–Crippen MR) is 69.6 cm³/mol. The molecule has 0 saturated carbocycles. The van der Waals surface area contributed by atoms with E-state index in [1.165, 1.54) is 12.1 Å². The van der Waals surface area contributed by atoms with Gasteiger partial charge in [-0.1, -0.05) is 26.0 Å². The van der Waals surface area contributed by atoms with Crippen LogP contribution in [0.5, 0.6) is 0 Å². The number of para-hydroxylation sites is 1. The Kier molecular flexibility index (Phi) is 5.03. The quantitative estimate of drug-likeness (QED) is 0.653. The number of hydrogen-bond donors (Lipinski definition) is 1. The third kappa shape index (κ3) is 4.19. The fourth-order valence-electron chi connectivity index (χ4n) is 1.27. The largest absolute Gasteiger partial charge is 0.449 e. The Bertz CT molecular complexity index is 611. The molecule has 0 aliphatic rings. The molecule has 0 aromatic heterocycles. The maximum Gasteiger partial charge on any atom is 0.421 e. The summed E-state index contributed by atoms with van der Waals surface area (Å²) in [5.74, 6) is 0.0366. The molecular weight excluding hydrogens is 288 g/mol. The van der Waals surface area contributed by atoms with E-state index in [9.17, 15) is 23.3 Å². The standard InChI is InChI=1S/C11H14N2O6S/c1-8(2)7-19-11(14)12-20(17,18)10-6-4-3-5-9(10)13(15)16/h3-6,8H,7H2,1-2H3,(H,12,14). The molecule has 0 spiro atoms. The first-order chi connectivity index (χ1) is 9.24. The number of hydrogen-bond acceptors (Lipinski definition) is 6.